The van der Waals surface area contributed by atoms with Crippen LogP contribution in [0.15, 0.2) is 30.0 Å². The summed E-state index contributed by atoms with van der Waals surface area (Å²) in [6.45, 7) is 5.93. The number of non-ortho nitro benzene ring substituents is 1. The molecule has 0 aromatic heterocycles. The maximum absolute atomic E-state index is 13.0. The van der Waals surface area contributed by atoms with Crippen LogP contribution in [-0.4, -0.2) is 46.2 Å². The highest BCUT2D eigenvalue weighted by atomic mass is 16.6. The van der Waals surface area contributed by atoms with Crippen LogP contribution in [0.2, 0.25) is 0 Å². The van der Waals surface area contributed by atoms with E-state index in [1.807, 2.05) is 11.8 Å². The molecule has 1 atom stereocenters. The summed E-state index contributed by atoms with van der Waals surface area (Å²) in [6, 6.07) is 5.86. The third-order valence-corrected chi connectivity index (χ3v) is 4.93. The zero-order chi connectivity index (χ0) is 18.8. The lowest BCUT2D eigenvalue weighted by molar-refractivity contribution is -0.384. The van der Waals surface area contributed by atoms with Crippen molar-refractivity contribution in [2.75, 3.05) is 19.6 Å². The fourth-order valence-corrected chi connectivity index (χ4v) is 3.69. The van der Waals surface area contributed by atoms with Crippen LogP contribution in [0.25, 0.3) is 5.57 Å². The second kappa shape index (κ2) is 7.27. The van der Waals surface area contributed by atoms with E-state index in [9.17, 15) is 19.7 Å². The molecule has 1 aromatic rings. The Morgan fingerprint density at radius 3 is 2.46 bits per heavy atom. The van der Waals surface area contributed by atoms with Crippen LogP contribution in [0.3, 0.4) is 0 Å². The molecule has 7 heteroatoms. The van der Waals surface area contributed by atoms with Gasteiger partial charge in [0.05, 0.1) is 10.5 Å². The van der Waals surface area contributed by atoms with Crippen LogP contribution in [-0.2, 0) is 9.59 Å². The van der Waals surface area contributed by atoms with Crippen molar-refractivity contribution in [1.29, 1.82) is 0 Å². The van der Waals surface area contributed by atoms with Crippen molar-refractivity contribution < 1.29 is 14.5 Å². The Hall–Kier alpha value is -2.70. The number of nitrogens with zero attached hydrogens (tertiary/aromatic N) is 3. The third-order valence-electron chi connectivity index (χ3n) is 4.93. The molecule has 0 radical (unpaired) electrons. The van der Waals surface area contributed by atoms with E-state index in [1.165, 1.54) is 17.0 Å². The molecule has 2 aliphatic rings. The number of imide groups is 1. The molecule has 138 valence electrons. The predicted octanol–water partition coefficient (Wildman–Crippen LogP) is 2.82. The second-order valence-electron chi connectivity index (χ2n) is 6.98. The smallest absolute Gasteiger partial charge is 0.277 e. The van der Waals surface area contributed by atoms with Crippen molar-refractivity contribution in [3.05, 3.63) is 45.6 Å². The number of rotatable bonds is 5. The van der Waals surface area contributed by atoms with E-state index in [-0.39, 0.29) is 17.5 Å². The van der Waals surface area contributed by atoms with Gasteiger partial charge in [-0.3, -0.25) is 24.6 Å². The summed E-state index contributed by atoms with van der Waals surface area (Å²) < 4.78 is 0. The van der Waals surface area contributed by atoms with Crippen LogP contribution in [0.1, 0.15) is 38.7 Å². The van der Waals surface area contributed by atoms with Gasteiger partial charge in [-0.25, -0.2) is 0 Å². The van der Waals surface area contributed by atoms with Gasteiger partial charge in [-0.2, -0.15) is 0 Å². The summed E-state index contributed by atoms with van der Waals surface area (Å²) in [5.74, 6) is -0.101. The van der Waals surface area contributed by atoms with Crippen molar-refractivity contribution in [1.82, 2.24) is 9.80 Å². The van der Waals surface area contributed by atoms with Crippen LogP contribution in [0, 0.1) is 16.0 Å². The number of carbonyl (C=O) groups is 2. The average Bonchev–Trinajstić information content (AvgIpc) is 2.87. The number of carbonyl (C=O) groups excluding carboxylic acids is 2. The van der Waals surface area contributed by atoms with Gasteiger partial charge in [0.1, 0.15) is 5.70 Å². The molecule has 3 rings (SSSR count). The van der Waals surface area contributed by atoms with Crippen molar-refractivity contribution in [2.45, 2.75) is 33.1 Å². The van der Waals surface area contributed by atoms with Crippen LogP contribution in [0.5, 0.6) is 0 Å². The summed E-state index contributed by atoms with van der Waals surface area (Å²) in [6.07, 6.45) is 2.78. The number of nitro groups is 1. The van der Waals surface area contributed by atoms with E-state index in [0.717, 1.165) is 25.9 Å². The molecule has 0 aliphatic carbocycles. The standard InChI is InChI=1S/C19H23N3O4/c1-3-10-21-18(23)16(14-6-8-15(9-7-14)22(25)26)17(19(21)24)20-11-4-5-13(2)12-20/h6-9,13H,3-5,10-12H2,1-2H3. The summed E-state index contributed by atoms with van der Waals surface area (Å²) in [5, 5.41) is 10.9. The highest BCUT2D eigenvalue weighted by molar-refractivity contribution is 6.35. The van der Waals surface area contributed by atoms with E-state index >= 15 is 0 Å². The van der Waals surface area contributed by atoms with E-state index in [4.69, 9.17) is 0 Å². The quantitative estimate of drug-likeness (QED) is 0.460. The van der Waals surface area contributed by atoms with Gasteiger partial charge in [-0.15, -0.1) is 0 Å². The number of hydrogen-bond acceptors (Lipinski definition) is 5. The van der Waals surface area contributed by atoms with Crippen molar-refractivity contribution in [2.24, 2.45) is 5.92 Å². The van der Waals surface area contributed by atoms with Crippen LogP contribution in [0.4, 0.5) is 5.69 Å². The van der Waals surface area contributed by atoms with E-state index in [2.05, 4.69) is 6.92 Å². The number of benzene rings is 1. The molecule has 26 heavy (non-hydrogen) atoms. The molecular weight excluding hydrogens is 334 g/mol. The molecule has 0 spiro atoms. The zero-order valence-electron chi connectivity index (χ0n) is 15.1. The number of nitro benzene ring substituents is 1. The number of hydrogen-bond donors (Lipinski definition) is 0. The van der Waals surface area contributed by atoms with Crippen LogP contribution >= 0.6 is 0 Å². The summed E-state index contributed by atoms with van der Waals surface area (Å²) in [5.41, 5.74) is 1.33. The monoisotopic (exact) mass is 357 g/mol. The normalized spacial score (nSPS) is 20.9. The van der Waals surface area contributed by atoms with Gasteiger partial charge in [-0.05, 0) is 42.9 Å². The Kier molecular flexibility index (Phi) is 5.06. The lowest BCUT2D eigenvalue weighted by Crippen LogP contribution is -2.39. The molecule has 7 nitrogen and oxygen atoms in total. The Labute approximate surface area is 152 Å². The molecule has 2 aliphatic heterocycles. The minimum absolute atomic E-state index is 0.0373. The van der Waals surface area contributed by atoms with E-state index in [1.54, 1.807) is 12.1 Å². The summed E-state index contributed by atoms with van der Waals surface area (Å²) in [4.78, 5) is 39.6. The molecule has 2 amide bonds. The molecule has 1 aromatic carbocycles. The van der Waals surface area contributed by atoms with Gasteiger partial charge in [-0.1, -0.05) is 13.8 Å². The average molecular weight is 357 g/mol. The molecule has 1 saturated heterocycles. The third kappa shape index (κ3) is 3.21. The number of amides is 2. The lowest BCUT2D eigenvalue weighted by Gasteiger charge is -2.33. The number of likely N-dealkylation sites (tertiary alicyclic amines) is 1. The Morgan fingerprint density at radius 2 is 1.88 bits per heavy atom. The van der Waals surface area contributed by atoms with Crippen molar-refractivity contribution in [3.63, 3.8) is 0 Å². The van der Waals surface area contributed by atoms with E-state index < -0.39 is 4.92 Å². The highest BCUT2D eigenvalue weighted by Gasteiger charge is 2.41. The summed E-state index contributed by atoms with van der Waals surface area (Å²) in [7, 11) is 0. The van der Waals surface area contributed by atoms with Gasteiger partial charge < -0.3 is 4.90 Å². The fourth-order valence-electron chi connectivity index (χ4n) is 3.69. The first-order chi connectivity index (χ1) is 12.4. The van der Waals surface area contributed by atoms with Gasteiger partial charge in [0.15, 0.2) is 0 Å². The van der Waals surface area contributed by atoms with Crippen molar-refractivity contribution >= 4 is 23.1 Å². The fraction of sp³-hybridized carbons (Fsp3) is 0.474. The molecule has 1 unspecified atom stereocenters. The first-order valence-electron chi connectivity index (χ1n) is 9.04. The number of piperidine rings is 1. The first kappa shape index (κ1) is 18.1. The predicted molar refractivity (Wildman–Crippen MR) is 97.0 cm³/mol. The highest BCUT2D eigenvalue weighted by Crippen LogP contribution is 2.34. The zero-order valence-corrected chi connectivity index (χ0v) is 15.1. The topological polar surface area (TPSA) is 83.8 Å². The van der Waals surface area contributed by atoms with Crippen molar-refractivity contribution in [3.8, 4) is 0 Å². The minimum Gasteiger partial charge on any atom is -0.366 e. The molecule has 0 bridgehead atoms. The Morgan fingerprint density at radius 1 is 1.19 bits per heavy atom. The van der Waals surface area contributed by atoms with Gasteiger partial charge in [0.2, 0.25) is 0 Å². The summed E-state index contributed by atoms with van der Waals surface area (Å²) >= 11 is 0. The second-order valence-corrected chi connectivity index (χ2v) is 6.98. The maximum Gasteiger partial charge on any atom is 0.277 e. The minimum atomic E-state index is -0.476. The Balaban J connectivity index is 2.05. The van der Waals surface area contributed by atoms with E-state index in [0.29, 0.717) is 35.7 Å². The van der Waals surface area contributed by atoms with Gasteiger partial charge in [0, 0.05) is 31.8 Å². The van der Waals surface area contributed by atoms with Gasteiger partial charge >= 0.3 is 0 Å². The first-order valence-corrected chi connectivity index (χ1v) is 9.04. The van der Waals surface area contributed by atoms with Crippen LogP contribution < -0.4 is 0 Å². The molecule has 0 saturated carbocycles. The lowest BCUT2D eigenvalue weighted by atomic mass is 9.97. The molecule has 1 fully saturated rings. The molecule has 0 N–H and O–H groups in total. The maximum atomic E-state index is 13.0. The largest absolute Gasteiger partial charge is 0.366 e. The Bertz CT molecular complexity index is 769. The van der Waals surface area contributed by atoms with Gasteiger partial charge in [0.25, 0.3) is 17.5 Å². The molecular formula is C19H23N3O4. The SMILES string of the molecule is CCCN1C(=O)C(c2ccc([N+](=O)[O-])cc2)=C(N2CCCC(C)C2)C1=O. The molecule has 2 heterocycles.